The van der Waals surface area contributed by atoms with Crippen LogP contribution in [0.4, 0.5) is 8.78 Å². The molecular formula is C14H22Cl2F2N2O. The first-order valence-corrected chi connectivity index (χ1v) is 6.68. The largest absolute Gasteiger partial charge is 0.494 e. The Bertz CT molecular complexity index is 404. The van der Waals surface area contributed by atoms with Crippen LogP contribution in [0.2, 0.25) is 0 Å². The van der Waals surface area contributed by atoms with E-state index in [4.69, 9.17) is 4.74 Å². The topological polar surface area (TPSA) is 24.5 Å². The molecule has 1 N–H and O–H groups in total. The molecule has 0 saturated carbocycles. The lowest BCUT2D eigenvalue weighted by Gasteiger charge is -2.35. The van der Waals surface area contributed by atoms with Gasteiger partial charge in [0, 0.05) is 31.7 Å². The smallest absolute Gasteiger partial charge is 0.258 e. The van der Waals surface area contributed by atoms with Crippen LogP contribution in [-0.2, 0) is 0 Å². The molecule has 0 amide bonds. The molecule has 0 bridgehead atoms. The van der Waals surface area contributed by atoms with Crippen molar-refractivity contribution in [3.8, 4) is 5.75 Å². The molecule has 1 fully saturated rings. The molecule has 0 unspecified atom stereocenters. The first kappa shape index (κ1) is 20.4. The van der Waals surface area contributed by atoms with Crippen LogP contribution in [0.25, 0.3) is 0 Å². The third-order valence-corrected chi connectivity index (χ3v) is 3.32. The molecule has 1 heterocycles. The maximum absolute atomic E-state index is 13.5. The third kappa shape index (κ3) is 5.25. The molecule has 21 heavy (non-hydrogen) atoms. The molecule has 0 aliphatic carbocycles. The first-order chi connectivity index (χ1) is 9.24. The maximum atomic E-state index is 13.5. The van der Waals surface area contributed by atoms with Gasteiger partial charge in [-0.05, 0) is 13.0 Å². The number of hydrogen-bond acceptors (Lipinski definition) is 3. The van der Waals surface area contributed by atoms with Crippen molar-refractivity contribution < 1.29 is 13.5 Å². The van der Waals surface area contributed by atoms with Crippen LogP contribution in [-0.4, -0.2) is 44.1 Å². The highest BCUT2D eigenvalue weighted by atomic mass is 35.5. The minimum absolute atomic E-state index is 0. The Hall–Kier alpha value is -0.620. The number of rotatable bonds is 5. The Morgan fingerprint density at radius 1 is 1.19 bits per heavy atom. The van der Waals surface area contributed by atoms with Crippen LogP contribution in [0.3, 0.4) is 0 Å². The number of piperazine rings is 1. The predicted octanol–water partition coefficient (Wildman–Crippen LogP) is 3.14. The summed E-state index contributed by atoms with van der Waals surface area (Å²) in [6.07, 6.45) is -2.42. The lowest BCUT2D eigenvalue weighted by molar-refractivity contribution is 0.0168. The average Bonchev–Trinajstić information content (AvgIpc) is 2.42. The zero-order valence-electron chi connectivity index (χ0n) is 11.9. The molecule has 122 valence electrons. The van der Waals surface area contributed by atoms with Crippen LogP contribution in [0, 0.1) is 0 Å². The number of nitrogens with zero attached hydrogens (tertiary/aromatic N) is 1. The van der Waals surface area contributed by atoms with Gasteiger partial charge in [-0.15, -0.1) is 24.8 Å². The summed E-state index contributed by atoms with van der Waals surface area (Å²) in [5, 5.41) is 3.18. The van der Waals surface area contributed by atoms with E-state index in [-0.39, 0.29) is 24.8 Å². The van der Waals surface area contributed by atoms with Gasteiger partial charge in [0.15, 0.2) is 0 Å². The highest BCUT2D eigenvalue weighted by Crippen LogP contribution is 2.34. The predicted molar refractivity (Wildman–Crippen MR) is 85.3 cm³/mol. The number of nitrogens with one attached hydrogen (secondary N) is 1. The van der Waals surface area contributed by atoms with Gasteiger partial charge >= 0.3 is 0 Å². The van der Waals surface area contributed by atoms with Crippen molar-refractivity contribution in [3.63, 3.8) is 0 Å². The van der Waals surface area contributed by atoms with E-state index in [1.54, 1.807) is 18.2 Å². The molecule has 7 heteroatoms. The molecule has 1 saturated heterocycles. The Kier molecular flexibility index (Phi) is 9.86. The van der Waals surface area contributed by atoms with Gasteiger partial charge in [0.25, 0.3) is 6.43 Å². The maximum Gasteiger partial charge on any atom is 0.258 e. The van der Waals surface area contributed by atoms with Crippen molar-refractivity contribution in [2.45, 2.75) is 19.4 Å². The molecule has 1 aliphatic rings. The molecule has 1 atom stereocenters. The molecule has 3 nitrogen and oxygen atoms in total. The zero-order valence-corrected chi connectivity index (χ0v) is 13.6. The number of benzene rings is 1. The number of hydrogen-bond donors (Lipinski definition) is 1. The van der Waals surface area contributed by atoms with Crippen molar-refractivity contribution in [3.05, 3.63) is 29.8 Å². The van der Waals surface area contributed by atoms with Gasteiger partial charge in [0.05, 0.1) is 12.6 Å². The van der Waals surface area contributed by atoms with Gasteiger partial charge in [-0.2, -0.15) is 0 Å². The summed E-state index contributed by atoms with van der Waals surface area (Å²) in [5.41, 5.74) is 0.584. The second-order valence-corrected chi connectivity index (χ2v) is 4.54. The number of para-hydroxylation sites is 1. The molecule has 0 aromatic heterocycles. The highest BCUT2D eigenvalue weighted by molar-refractivity contribution is 5.85. The summed E-state index contributed by atoms with van der Waals surface area (Å²) in [7, 11) is 0. The molecule has 0 spiro atoms. The van der Waals surface area contributed by atoms with Crippen LogP contribution in [0.5, 0.6) is 5.75 Å². The van der Waals surface area contributed by atoms with E-state index in [0.717, 1.165) is 13.1 Å². The molecule has 0 radical (unpaired) electrons. The Balaban J connectivity index is 0.00000200. The van der Waals surface area contributed by atoms with Gasteiger partial charge in [-0.3, -0.25) is 4.90 Å². The summed E-state index contributed by atoms with van der Waals surface area (Å²) in [6, 6.07) is 6.22. The minimum Gasteiger partial charge on any atom is -0.494 e. The monoisotopic (exact) mass is 342 g/mol. The minimum atomic E-state index is -2.42. The van der Waals surface area contributed by atoms with E-state index >= 15 is 0 Å². The van der Waals surface area contributed by atoms with Gasteiger partial charge in [0.2, 0.25) is 0 Å². The van der Waals surface area contributed by atoms with Gasteiger partial charge < -0.3 is 10.1 Å². The van der Waals surface area contributed by atoms with E-state index < -0.39 is 12.5 Å². The third-order valence-electron chi connectivity index (χ3n) is 3.32. The second-order valence-electron chi connectivity index (χ2n) is 4.54. The van der Waals surface area contributed by atoms with Gasteiger partial charge in [0.1, 0.15) is 5.75 Å². The molecule has 1 aliphatic heterocycles. The van der Waals surface area contributed by atoms with E-state index in [0.29, 0.717) is 31.0 Å². The quantitative estimate of drug-likeness (QED) is 0.889. The Morgan fingerprint density at radius 2 is 1.81 bits per heavy atom. The lowest BCUT2D eigenvalue weighted by atomic mass is 10.0. The average molecular weight is 343 g/mol. The number of ether oxygens (including phenoxy) is 1. The van der Waals surface area contributed by atoms with Crippen molar-refractivity contribution in [2.24, 2.45) is 0 Å². The first-order valence-electron chi connectivity index (χ1n) is 6.68. The highest BCUT2D eigenvalue weighted by Gasteiger charge is 2.32. The fraction of sp³-hybridized carbons (Fsp3) is 0.571. The normalized spacial score (nSPS) is 16.8. The Labute approximate surface area is 136 Å². The summed E-state index contributed by atoms with van der Waals surface area (Å²) in [4.78, 5) is 1.83. The second kappa shape index (κ2) is 10.2. The summed E-state index contributed by atoms with van der Waals surface area (Å²) in [6.45, 7) is 5.11. The van der Waals surface area contributed by atoms with Crippen molar-refractivity contribution in [1.29, 1.82) is 0 Å². The summed E-state index contributed by atoms with van der Waals surface area (Å²) < 4.78 is 32.4. The van der Waals surface area contributed by atoms with E-state index in [9.17, 15) is 8.78 Å². The van der Waals surface area contributed by atoms with Crippen LogP contribution in [0.1, 0.15) is 18.5 Å². The SMILES string of the molecule is CCOc1ccccc1[C@@H](C(F)F)N1CCNCC1.Cl.Cl. The standard InChI is InChI=1S/C14H20F2N2O.2ClH/c1-2-19-12-6-4-3-5-11(12)13(14(15)16)18-9-7-17-8-10-18;;/h3-6,13-14,17H,2,7-10H2,1H3;2*1H/t13-;;/m0../s1. The number of alkyl halides is 2. The van der Waals surface area contributed by atoms with E-state index in [1.165, 1.54) is 0 Å². The molecule has 2 rings (SSSR count). The van der Waals surface area contributed by atoms with Crippen molar-refractivity contribution >= 4 is 24.8 Å². The zero-order chi connectivity index (χ0) is 13.7. The summed E-state index contributed by atoms with van der Waals surface area (Å²) >= 11 is 0. The van der Waals surface area contributed by atoms with Crippen molar-refractivity contribution in [2.75, 3.05) is 32.8 Å². The van der Waals surface area contributed by atoms with Gasteiger partial charge in [-0.25, -0.2) is 8.78 Å². The number of halogens is 4. The van der Waals surface area contributed by atoms with Crippen LogP contribution >= 0.6 is 24.8 Å². The molecule has 1 aromatic carbocycles. The molecular weight excluding hydrogens is 321 g/mol. The Morgan fingerprint density at radius 3 is 2.38 bits per heavy atom. The van der Waals surface area contributed by atoms with E-state index in [2.05, 4.69) is 5.32 Å². The fourth-order valence-electron chi connectivity index (χ4n) is 2.46. The van der Waals surface area contributed by atoms with E-state index in [1.807, 2.05) is 17.9 Å². The summed E-state index contributed by atoms with van der Waals surface area (Å²) in [5.74, 6) is 0.564. The van der Waals surface area contributed by atoms with Crippen molar-refractivity contribution in [1.82, 2.24) is 10.2 Å². The lowest BCUT2D eigenvalue weighted by Crippen LogP contribution is -2.47. The fourth-order valence-corrected chi connectivity index (χ4v) is 2.46. The van der Waals surface area contributed by atoms with Crippen LogP contribution < -0.4 is 10.1 Å². The van der Waals surface area contributed by atoms with Gasteiger partial charge in [-0.1, -0.05) is 18.2 Å². The molecule has 1 aromatic rings. The van der Waals surface area contributed by atoms with Crippen LogP contribution in [0.15, 0.2) is 24.3 Å².